The first-order chi connectivity index (χ1) is 13.7. The normalized spacial score (nSPS) is 28.5. The predicted octanol–water partition coefficient (Wildman–Crippen LogP) is -0.268. The fraction of sp³-hybridized carbons (Fsp3) is 0.579. The van der Waals surface area contributed by atoms with E-state index >= 15 is 0 Å². The van der Waals surface area contributed by atoms with Gasteiger partial charge in [0, 0.05) is 18.1 Å². The zero-order valence-corrected chi connectivity index (χ0v) is 16.5. The van der Waals surface area contributed by atoms with E-state index in [-0.39, 0.29) is 24.5 Å². The molecule has 3 N–H and O–H groups in total. The summed E-state index contributed by atoms with van der Waals surface area (Å²) in [6, 6.07) is 0. The van der Waals surface area contributed by atoms with Gasteiger partial charge in [-0.05, 0) is 19.4 Å². The minimum absolute atomic E-state index is 0.0531. The van der Waals surface area contributed by atoms with Gasteiger partial charge >= 0.3 is 11.9 Å². The highest BCUT2D eigenvalue weighted by atomic mass is 16.7. The number of fused-ring (bicyclic) bond motifs is 1. The van der Waals surface area contributed by atoms with Gasteiger partial charge in [0.1, 0.15) is 54.7 Å². The van der Waals surface area contributed by atoms with Crippen LogP contribution in [-0.4, -0.2) is 71.7 Å². The Morgan fingerprint density at radius 1 is 1.10 bits per heavy atom. The van der Waals surface area contributed by atoms with Gasteiger partial charge in [0.15, 0.2) is 0 Å². The zero-order chi connectivity index (χ0) is 21.5. The molecule has 10 heteroatoms. The molecule has 0 aliphatic carbocycles. The quantitative estimate of drug-likeness (QED) is 0.554. The van der Waals surface area contributed by atoms with Crippen LogP contribution in [0.4, 0.5) is 0 Å². The van der Waals surface area contributed by atoms with Crippen LogP contribution in [0.15, 0.2) is 0 Å². The summed E-state index contributed by atoms with van der Waals surface area (Å²) < 4.78 is 26.7. The molecular formula is C19H24O10. The molecule has 5 unspecified atom stereocenters. The lowest BCUT2D eigenvalue weighted by Gasteiger charge is -2.40. The van der Waals surface area contributed by atoms with E-state index in [1.165, 1.54) is 14.0 Å². The molecule has 0 spiro atoms. The van der Waals surface area contributed by atoms with Crippen LogP contribution >= 0.6 is 0 Å². The summed E-state index contributed by atoms with van der Waals surface area (Å²) in [5.41, 5.74) is 1.99. The van der Waals surface area contributed by atoms with E-state index in [4.69, 9.17) is 23.7 Å². The first kappa shape index (κ1) is 21.3. The number of carbonyl (C=O) groups excluding carboxylic acids is 2. The molecule has 29 heavy (non-hydrogen) atoms. The number of esters is 2. The monoisotopic (exact) mass is 412 g/mol. The third kappa shape index (κ3) is 3.76. The van der Waals surface area contributed by atoms with Gasteiger partial charge in [0.25, 0.3) is 0 Å². The summed E-state index contributed by atoms with van der Waals surface area (Å²) in [7, 11) is 1.48. The SMILES string of the molecule is COc1c(C)c2c(c(OC3OC(COC(C)=O)C(O)C(O)C3O)c1C)C(=O)OC2. The molecule has 2 heterocycles. The standard InChI is InChI=1S/C19H24O10/c1-7-10-5-27-18(24)12(10)17(8(2)16(7)25-4)29-19-15(23)14(22)13(21)11(28-19)6-26-9(3)20/h11,13-15,19,21-23H,5-6H2,1-4H3. The average molecular weight is 412 g/mol. The predicted molar refractivity (Wildman–Crippen MR) is 95.5 cm³/mol. The number of hydrogen-bond donors (Lipinski definition) is 3. The van der Waals surface area contributed by atoms with Gasteiger partial charge in [-0.1, -0.05) is 0 Å². The second-order valence-electron chi connectivity index (χ2n) is 6.98. The van der Waals surface area contributed by atoms with Crippen LogP contribution in [0.25, 0.3) is 0 Å². The van der Waals surface area contributed by atoms with Crippen LogP contribution in [0.3, 0.4) is 0 Å². The Hall–Kier alpha value is -2.40. The third-order valence-corrected chi connectivity index (χ3v) is 5.11. The molecule has 160 valence electrons. The van der Waals surface area contributed by atoms with Crippen molar-refractivity contribution in [3.63, 3.8) is 0 Å². The Morgan fingerprint density at radius 3 is 2.41 bits per heavy atom. The molecule has 0 amide bonds. The molecule has 1 aromatic rings. The van der Waals surface area contributed by atoms with Crippen molar-refractivity contribution in [2.45, 2.75) is 58.1 Å². The third-order valence-electron chi connectivity index (χ3n) is 5.11. The highest BCUT2D eigenvalue weighted by molar-refractivity contribution is 5.98. The van der Waals surface area contributed by atoms with E-state index in [0.29, 0.717) is 16.9 Å². The van der Waals surface area contributed by atoms with E-state index in [0.717, 1.165) is 5.56 Å². The second-order valence-corrected chi connectivity index (χ2v) is 6.98. The fourth-order valence-corrected chi connectivity index (χ4v) is 3.56. The lowest BCUT2D eigenvalue weighted by molar-refractivity contribution is -0.278. The van der Waals surface area contributed by atoms with E-state index < -0.39 is 42.6 Å². The topological polar surface area (TPSA) is 141 Å². The van der Waals surface area contributed by atoms with Gasteiger partial charge in [0.05, 0.1) is 7.11 Å². The van der Waals surface area contributed by atoms with Crippen LogP contribution in [0.1, 0.15) is 34.0 Å². The minimum atomic E-state index is -1.63. The molecule has 5 atom stereocenters. The van der Waals surface area contributed by atoms with Gasteiger partial charge in [-0.2, -0.15) is 0 Å². The van der Waals surface area contributed by atoms with Crippen LogP contribution < -0.4 is 9.47 Å². The fourth-order valence-electron chi connectivity index (χ4n) is 3.56. The van der Waals surface area contributed by atoms with Crippen LogP contribution in [0.5, 0.6) is 11.5 Å². The summed E-state index contributed by atoms with van der Waals surface area (Å²) in [5.74, 6) is -0.618. The number of aliphatic hydroxyl groups excluding tert-OH is 3. The molecule has 0 saturated carbocycles. The number of methoxy groups -OCH3 is 1. The lowest BCUT2D eigenvalue weighted by Crippen LogP contribution is -2.60. The summed E-state index contributed by atoms with van der Waals surface area (Å²) in [5, 5.41) is 30.6. The largest absolute Gasteiger partial charge is 0.496 e. The molecule has 2 aliphatic heterocycles. The number of carbonyl (C=O) groups is 2. The summed E-state index contributed by atoms with van der Waals surface area (Å²) in [6.45, 7) is 4.35. The van der Waals surface area contributed by atoms with E-state index in [1.807, 2.05) is 0 Å². The van der Waals surface area contributed by atoms with Crippen molar-refractivity contribution in [2.75, 3.05) is 13.7 Å². The highest BCUT2D eigenvalue weighted by Crippen LogP contribution is 2.42. The van der Waals surface area contributed by atoms with Gasteiger partial charge in [0.2, 0.25) is 6.29 Å². The highest BCUT2D eigenvalue weighted by Gasteiger charge is 2.46. The molecular weight excluding hydrogens is 388 g/mol. The van der Waals surface area contributed by atoms with Crippen LogP contribution in [0, 0.1) is 13.8 Å². The Morgan fingerprint density at radius 2 is 1.79 bits per heavy atom. The number of ether oxygens (including phenoxy) is 5. The minimum Gasteiger partial charge on any atom is -0.496 e. The Balaban J connectivity index is 1.95. The van der Waals surface area contributed by atoms with Gasteiger partial charge in [-0.15, -0.1) is 0 Å². The van der Waals surface area contributed by atoms with Crippen molar-refractivity contribution < 1.29 is 48.6 Å². The van der Waals surface area contributed by atoms with Gasteiger partial charge in [-0.25, -0.2) is 4.79 Å². The molecule has 0 radical (unpaired) electrons. The van der Waals surface area contributed by atoms with E-state index in [1.54, 1.807) is 13.8 Å². The number of aliphatic hydroxyl groups is 3. The van der Waals surface area contributed by atoms with E-state index in [2.05, 4.69) is 0 Å². The van der Waals surface area contributed by atoms with Crippen molar-refractivity contribution in [1.29, 1.82) is 0 Å². The first-order valence-corrected chi connectivity index (χ1v) is 9.04. The molecule has 1 aromatic carbocycles. The van der Waals surface area contributed by atoms with Crippen molar-refractivity contribution in [2.24, 2.45) is 0 Å². The Labute approximate surface area is 166 Å². The molecule has 0 bridgehead atoms. The van der Waals surface area contributed by atoms with Crippen molar-refractivity contribution in [1.82, 2.24) is 0 Å². The summed E-state index contributed by atoms with van der Waals surface area (Å²) >= 11 is 0. The maximum absolute atomic E-state index is 12.3. The molecule has 3 rings (SSSR count). The number of hydrogen-bond acceptors (Lipinski definition) is 10. The average Bonchev–Trinajstić information content (AvgIpc) is 3.06. The van der Waals surface area contributed by atoms with Crippen LogP contribution in [0.2, 0.25) is 0 Å². The molecule has 1 saturated heterocycles. The Kier molecular flexibility index (Phi) is 5.99. The maximum atomic E-state index is 12.3. The van der Waals surface area contributed by atoms with Gasteiger partial charge in [-0.3, -0.25) is 4.79 Å². The Bertz CT molecular complexity index is 820. The summed E-state index contributed by atoms with van der Waals surface area (Å²) in [6.07, 6.45) is -7.35. The summed E-state index contributed by atoms with van der Waals surface area (Å²) in [4.78, 5) is 23.3. The number of benzene rings is 1. The number of cyclic esters (lactones) is 1. The smallest absolute Gasteiger partial charge is 0.342 e. The molecule has 2 aliphatic rings. The zero-order valence-electron chi connectivity index (χ0n) is 16.5. The molecule has 1 fully saturated rings. The second kappa shape index (κ2) is 8.15. The number of rotatable bonds is 5. The first-order valence-electron chi connectivity index (χ1n) is 9.04. The van der Waals surface area contributed by atoms with E-state index in [9.17, 15) is 24.9 Å². The lowest BCUT2D eigenvalue weighted by atomic mass is 9.97. The van der Waals surface area contributed by atoms with Crippen LogP contribution in [-0.2, 0) is 25.6 Å². The van der Waals surface area contributed by atoms with Gasteiger partial charge < -0.3 is 39.0 Å². The van der Waals surface area contributed by atoms with Crippen molar-refractivity contribution in [3.8, 4) is 11.5 Å². The maximum Gasteiger partial charge on any atom is 0.342 e. The van der Waals surface area contributed by atoms with Crippen molar-refractivity contribution >= 4 is 11.9 Å². The molecule has 10 nitrogen and oxygen atoms in total. The molecule has 0 aromatic heterocycles. The van der Waals surface area contributed by atoms with Crippen molar-refractivity contribution in [3.05, 3.63) is 22.3 Å².